The molecule has 1 aromatic rings. The van der Waals surface area contributed by atoms with Gasteiger partial charge in [0.25, 0.3) is 0 Å². The summed E-state index contributed by atoms with van der Waals surface area (Å²) in [5.74, 6) is -0.175. The summed E-state index contributed by atoms with van der Waals surface area (Å²) in [6.45, 7) is 2.55. The fourth-order valence-corrected chi connectivity index (χ4v) is 2.17. The number of imide groups is 1. The monoisotopic (exact) mass is 246 g/mol. The van der Waals surface area contributed by atoms with E-state index in [9.17, 15) is 9.59 Å². The normalized spacial score (nSPS) is 17.5. The minimum absolute atomic E-state index is 0.151. The Morgan fingerprint density at radius 3 is 2.67 bits per heavy atom. The molecule has 0 radical (unpaired) electrons. The predicted octanol–water partition coefficient (Wildman–Crippen LogP) is 1.95. The SMILES string of the molecule is CC(CCc1ccccc1)N1CCC(=O)NC1=O. The number of nitrogens with zero attached hydrogens (tertiary/aromatic N) is 1. The standard InChI is InChI=1S/C14H18N2O2/c1-11(7-8-12-5-3-2-4-6-12)16-10-9-13(17)15-14(16)18/h2-6,11H,7-10H2,1H3,(H,15,17,18). The van der Waals surface area contributed by atoms with Crippen LogP contribution in [0.2, 0.25) is 0 Å². The number of hydrogen-bond donors (Lipinski definition) is 1. The van der Waals surface area contributed by atoms with E-state index in [0.29, 0.717) is 13.0 Å². The molecule has 1 heterocycles. The zero-order valence-electron chi connectivity index (χ0n) is 10.6. The molecule has 0 bridgehead atoms. The summed E-state index contributed by atoms with van der Waals surface area (Å²) < 4.78 is 0. The minimum atomic E-state index is -0.258. The number of nitrogens with one attached hydrogen (secondary N) is 1. The summed E-state index contributed by atoms with van der Waals surface area (Å²) in [4.78, 5) is 24.5. The highest BCUT2D eigenvalue weighted by molar-refractivity contribution is 5.96. The van der Waals surface area contributed by atoms with Crippen molar-refractivity contribution in [3.05, 3.63) is 35.9 Å². The van der Waals surface area contributed by atoms with E-state index in [2.05, 4.69) is 17.4 Å². The smallest absolute Gasteiger partial charge is 0.321 e. The average Bonchev–Trinajstić information content (AvgIpc) is 2.37. The van der Waals surface area contributed by atoms with Gasteiger partial charge in [-0.3, -0.25) is 10.1 Å². The number of amides is 3. The second-order valence-electron chi connectivity index (χ2n) is 4.67. The largest absolute Gasteiger partial charge is 0.324 e. The van der Waals surface area contributed by atoms with Crippen LogP contribution >= 0.6 is 0 Å². The molecule has 1 aliphatic heterocycles. The number of rotatable bonds is 4. The Kier molecular flexibility index (Phi) is 3.97. The summed E-state index contributed by atoms with van der Waals surface area (Å²) in [6, 6.07) is 10.1. The highest BCUT2D eigenvalue weighted by Crippen LogP contribution is 2.12. The summed E-state index contributed by atoms with van der Waals surface area (Å²) in [5.41, 5.74) is 1.28. The Hall–Kier alpha value is -1.84. The van der Waals surface area contributed by atoms with Crippen LogP contribution < -0.4 is 5.32 Å². The van der Waals surface area contributed by atoms with E-state index >= 15 is 0 Å². The molecule has 1 saturated heterocycles. The molecule has 1 unspecified atom stereocenters. The van der Waals surface area contributed by atoms with Gasteiger partial charge in [0.05, 0.1) is 0 Å². The fraction of sp³-hybridized carbons (Fsp3) is 0.429. The van der Waals surface area contributed by atoms with Crippen molar-refractivity contribution in [3.63, 3.8) is 0 Å². The third-order valence-electron chi connectivity index (χ3n) is 3.31. The van der Waals surface area contributed by atoms with E-state index in [0.717, 1.165) is 12.8 Å². The van der Waals surface area contributed by atoms with Gasteiger partial charge in [-0.25, -0.2) is 4.79 Å². The van der Waals surface area contributed by atoms with Crippen molar-refractivity contribution in [3.8, 4) is 0 Å². The topological polar surface area (TPSA) is 49.4 Å². The molecule has 4 nitrogen and oxygen atoms in total. The van der Waals surface area contributed by atoms with Crippen LogP contribution in [0.1, 0.15) is 25.3 Å². The lowest BCUT2D eigenvalue weighted by atomic mass is 10.0. The van der Waals surface area contributed by atoms with Crippen LogP contribution in [-0.2, 0) is 11.2 Å². The van der Waals surface area contributed by atoms with Crippen molar-refractivity contribution in [1.82, 2.24) is 10.2 Å². The van der Waals surface area contributed by atoms with Gasteiger partial charge in [-0.05, 0) is 25.3 Å². The van der Waals surface area contributed by atoms with E-state index < -0.39 is 0 Å². The van der Waals surface area contributed by atoms with Crippen molar-refractivity contribution in [1.29, 1.82) is 0 Å². The first-order chi connectivity index (χ1) is 8.66. The van der Waals surface area contributed by atoms with Gasteiger partial charge in [-0.15, -0.1) is 0 Å². The third-order valence-corrected chi connectivity index (χ3v) is 3.31. The molecule has 1 fully saturated rings. The van der Waals surface area contributed by atoms with E-state index in [1.165, 1.54) is 5.56 Å². The van der Waals surface area contributed by atoms with E-state index in [-0.39, 0.29) is 18.0 Å². The van der Waals surface area contributed by atoms with Crippen molar-refractivity contribution in [2.45, 2.75) is 32.2 Å². The van der Waals surface area contributed by atoms with Gasteiger partial charge in [-0.2, -0.15) is 0 Å². The molecule has 4 heteroatoms. The van der Waals surface area contributed by atoms with Crippen LogP contribution in [0.4, 0.5) is 4.79 Å². The molecule has 3 amide bonds. The van der Waals surface area contributed by atoms with E-state index in [1.54, 1.807) is 4.90 Å². The number of urea groups is 1. The van der Waals surface area contributed by atoms with Crippen LogP contribution in [-0.4, -0.2) is 29.4 Å². The second-order valence-corrected chi connectivity index (χ2v) is 4.67. The first kappa shape index (κ1) is 12.6. The molecule has 0 saturated carbocycles. The lowest BCUT2D eigenvalue weighted by Gasteiger charge is -2.32. The number of carbonyl (C=O) groups excluding carboxylic acids is 2. The lowest BCUT2D eigenvalue weighted by molar-refractivity contribution is -0.121. The molecule has 96 valence electrons. The Bertz CT molecular complexity index is 431. The summed E-state index contributed by atoms with van der Waals surface area (Å²) in [7, 11) is 0. The van der Waals surface area contributed by atoms with Gasteiger partial charge < -0.3 is 4.90 Å². The van der Waals surface area contributed by atoms with E-state index in [1.807, 2.05) is 25.1 Å². The van der Waals surface area contributed by atoms with Gasteiger partial charge in [0, 0.05) is 19.0 Å². The van der Waals surface area contributed by atoms with Gasteiger partial charge in [0.2, 0.25) is 5.91 Å². The van der Waals surface area contributed by atoms with Crippen molar-refractivity contribution in [2.75, 3.05) is 6.54 Å². The van der Waals surface area contributed by atoms with Crippen LogP contribution in [0.25, 0.3) is 0 Å². The average molecular weight is 246 g/mol. The molecule has 1 aromatic carbocycles. The van der Waals surface area contributed by atoms with Crippen LogP contribution in [0, 0.1) is 0 Å². The molecule has 0 spiro atoms. The maximum Gasteiger partial charge on any atom is 0.324 e. The summed E-state index contributed by atoms with van der Waals surface area (Å²) in [5, 5.41) is 2.36. The first-order valence-corrected chi connectivity index (χ1v) is 6.31. The Morgan fingerprint density at radius 1 is 1.28 bits per heavy atom. The molecule has 1 atom stereocenters. The van der Waals surface area contributed by atoms with Crippen molar-refractivity contribution in [2.24, 2.45) is 0 Å². The van der Waals surface area contributed by atoms with Crippen LogP contribution in [0.3, 0.4) is 0 Å². The predicted molar refractivity (Wildman–Crippen MR) is 69.1 cm³/mol. The first-order valence-electron chi connectivity index (χ1n) is 6.31. The molecular weight excluding hydrogens is 228 g/mol. The fourth-order valence-electron chi connectivity index (χ4n) is 2.17. The van der Waals surface area contributed by atoms with Gasteiger partial charge >= 0.3 is 6.03 Å². The number of aryl methyl sites for hydroxylation is 1. The van der Waals surface area contributed by atoms with Gasteiger partial charge in [0.15, 0.2) is 0 Å². The molecule has 0 aliphatic carbocycles. The molecule has 0 aromatic heterocycles. The molecule has 1 aliphatic rings. The van der Waals surface area contributed by atoms with Gasteiger partial charge in [-0.1, -0.05) is 30.3 Å². The van der Waals surface area contributed by atoms with Crippen molar-refractivity contribution < 1.29 is 9.59 Å². The maximum absolute atomic E-state index is 11.7. The summed E-state index contributed by atoms with van der Waals surface area (Å²) >= 11 is 0. The Labute approximate surface area is 107 Å². The molecule has 2 rings (SSSR count). The lowest BCUT2D eigenvalue weighted by Crippen LogP contribution is -2.52. The number of hydrogen-bond acceptors (Lipinski definition) is 2. The highest BCUT2D eigenvalue weighted by Gasteiger charge is 2.26. The maximum atomic E-state index is 11.7. The number of benzene rings is 1. The minimum Gasteiger partial charge on any atom is -0.321 e. The van der Waals surface area contributed by atoms with Crippen LogP contribution in [0.5, 0.6) is 0 Å². The van der Waals surface area contributed by atoms with E-state index in [4.69, 9.17) is 0 Å². The second kappa shape index (κ2) is 5.67. The van der Waals surface area contributed by atoms with Crippen LogP contribution in [0.15, 0.2) is 30.3 Å². The summed E-state index contributed by atoms with van der Waals surface area (Å²) in [6.07, 6.45) is 2.26. The third kappa shape index (κ3) is 3.09. The van der Waals surface area contributed by atoms with Gasteiger partial charge in [0.1, 0.15) is 0 Å². The molecule has 18 heavy (non-hydrogen) atoms. The van der Waals surface area contributed by atoms with Crippen molar-refractivity contribution >= 4 is 11.9 Å². The Balaban J connectivity index is 1.86. The Morgan fingerprint density at radius 2 is 2.00 bits per heavy atom. The zero-order valence-corrected chi connectivity index (χ0v) is 10.6. The molecular formula is C14H18N2O2. The quantitative estimate of drug-likeness (QED) is 0.882. The highest BCUT2D eigenvalue weighted by atomic mass is 16.2. The number of carbonyl (C=O) groups is 2. The molecule has 1 N–H and O–H groups in total. The zero-order chi connectivity index (χ0) is 13.0.